The van der Waals surface area contributed by atoms with Crippen LogP contribution in [0.4, 0.5) is 4.79 Å². The van der Waals surface area contributed by atoms with Crippen LogP contribution in [0.25, 0.3) is 11.5 Å². The summed E-state index contributed by atoms with van der Waals surface area (Å²) >= 11 is 0. The molecule has 2 aromatic heterocycles. The number of carbonyl (C=O) groups excluding carboxylic acids is 1. The minimum Gasteiger partial charge on any atom is -0.460 e. The van der Waals surface area contributed by atoms with Crippen molar-refractivity contribution in [3.05, 3.63) is 29.7 Å². The molecule has 2 N–H and O–H groups in total. The predicted molar refractivity (Wildman–Crippen MR) is 89.5 cm³/mol. The van der Waals surface area contributed by atoms with Crippen LogP contribution in [0, 0.1) is 6.92 Å². The molecule has 3 heterocycles. The lowest BCUT2D eigenvalue weighted by molar-refractivity contribution is 0.132. The van der Waals surface area contributed by atoms with Gasteiger partial charge < -0.3 is 14.5 Å². The van der Waals surface area contributed by atoms with Gasteiger partial charge in [-0.25, -0.2) is 4.79 Å². The van der Waals surface area contributed by atoms with Gasteiger partial charge in [-0.15, -0.1) is 0 Å². The Morgan fingerprint density at radius 2 is 2.42 bits per heavy atom. The number of H-pyrrole nitrogens is 1. The monoisotopic (exact) mass is 332 g/mol. The predicted octanol–water partition coefficient (Wildman–Crippen LogP) is 2.69. The summed E-state index contributed by atoms with van der Waals surface area (Å²) in [6.45, 7) is 6.71. The minimum absolute atomic E-state index is 0.124. The number of aromatic amines is 1. The molecular formula is C17H24N4O3. The van der Waals surface area contributed by atoms with Crippen molar-refractivity contribution in [1.29, 1.82) is 0 Å². The number of rotatable bonds is 5. The lowest BCUT2D eigenvalue weighted by atomic mass is 10.0. The highest BCUT2D eigenvalue weighted by Crippen LogP contribution is 2.25. The maximum atomic E-state index is 11.6. The Balaban J connectivity index is 1.62. The molecule has 0 spiro atoms. The fourth-order valence-electron chi connectivity index (χ4n) is 3.11. The third kappa shape index (κ3) is 3.97. The second-order valence-corrected chi connectivity index (χ2v) is 6.12. The zero-order chi connectivity index (χ0) is 16.9. The van der Waals surface area contributed by atoms with Gasteiger partial charge in [0.25, 0.3) is 0 Å². The summed E-state index contributed by atoms with van der Waals surface area (Å²) in [4.78, 5) is 13.9. The molecule has 7 heteroatoms. The Morgan fingerprint density at radius 3 is 3.17 bits per heavy atom. The van der Waals surface area contributed by atoms with E-state index in [-0.39, 0.29) is 12.1 Å². The van der Waals surface area contributed by atoms with Crippen LogP contribution < -0.4 is 5.32 Å². The van der Waals surface area contributed by atoms with Crippen LogP contribution >= 0.6 is 0 Å². The van der Waals surface area contributed by atoms with E-state index in [1.807, 2.05) is 32.2 Å². The van der Waals surface area contributed by atoms with Gasteiger partial charge in [-0.3, -0.25) is 10.00 Å². The fraction of sp³-hybridized carbons (Fsp3) is 0.529. The minimum atomic E-state index is -0.334. The number of carbonyl (C=O) groups is 1. The number of aryl methyl sites for hydroxylation is 1. The number of hydrogen-bond donors (Lipinski definition) is 2. The first kappa shape index (κ1) is 16.6. The molecule has 2 aromatic rings. The highest BCUT2D eigenvalue weighted by atomic mass is 16.5. The zero-order valence-electron chi connectivity index (χ0n) is 14.2. The van der Waals surface area contributed by atoms with E-state index in [9.17, 15) is 4.79 Å². The number of hydrogen-bond acceptors (Lipinski definition) is 5. The molecular weight excluding hydrogens is 308 g/mol. The number of amides is 1. The van der Waals surface area contributed by atoms with Crippen molar-refractivity contribution in [3.8, 4) is 11.5 Å². The van der Waals surface area contributed by atoms with E-state index < -0.39 is 0 Å². The van der Waals surface area contributed by atoms with Crippen molar-refractivity contribution in [2.45, 2.75) is 39.3 Å². The van der Waals surface area contributed by atoms with Gasteiger partial charge in [0.05, 0.1) is 12.8 Å². The van der Waals surface area contributed by atoms with Gasteiger partial charge >= 0.3 is 6.09 Å². The molecule has 1 amide bonds. The van der Waals surface area contributed by atoms with Crippen LogP contribution in [-0.4, -0.2) is 46.9 Å². The maximum absolute atomic E-state index is 11.6. The third-order valence-electron chi connectivity index (χ3n) is 4.20. The molecule has 3 rings (SSSR count). The van der Waals surface area contributed by atoms with E-state index in [1.54, 1.807) is 0 Å². The van der Waals surface area contributed by atoms with Gasteiger partial charge in [0.1, 0.15) is 11.5 Å². The van der Waals surface area contributed by atoms with Crippen molar-refractivity contribution >= 4 is 6.09 Å². The van der Waals surface area contributed by atoms with Gasteiger partial charge in [0, 0.05) is 24.7 Å². The average molecular weight is 332 g/mol. The molecule has 0 bridgehead atoms. The molecule has 1 aliphatic rings. The molecule has 130 valence electrons. The summed E-state index contributed by atoms with van der Waals surface area (Å²) < 4.78 is 10.7. The molecule has 24 heavy (non-hydrogen) atoms. The van der Waals surface area contributed by atoms with Crippen molar-refractivity contribution in [2.75, 3.05) is 19.7 Å². The molecule has 1 fully saturated rings. The highest BCUT2D eigenvalue weighted by Gasteiger charge is 2.23. The maximum Gasteiger partial charge on any atom is 0.407 e. The van der Waals surface area contributed by atoms with E-state index in [2.05, 4.69) is 20.4 Å². The normalized spacial score (nSPS) is 18.5. The van der Waals surface area contributed by atoms with E-state index in [1.165, 1.54) is 0 Å². The van der Waals surface area contributed by atoms with E-state index in [0.29, 0.717) is 6.61 Å². The van der Waals surface area contributed by atoms with Gasteiger partial charge in [-0.1, -0.05) is 0 Å². The number of likely N-dealkylation sites (tertiary alicyclic amines) is 1. The van der Waals surface area contributed by atoms with Crippen LogP contribution in [0.1, 0.15) is 31.1 Å². The first-order chi connectivity index (χ1) is 11.7. The quantitative estimate of drug-likeness (QED) is 0.879. The van der Waals surface area contributed by atoms with Gasteiger partial charge in [-0.05, 0) is 45.4 Å². The van der Waals surface area contributed by atoms with Crippen LogP contribution in [-0.2, 0) is 11.3 Å². The summed E-state index contributed by atoms with van der Waals surface area (Å²) in [6.07, 6.45) is 3.53. The number of aromatic nitrogens is 2. The van der Waals surface area contributed by atoms with Crippen molar-refractivity contribution < 1.29 is 13.9 Å². The molecule has 1 saturated heterocycles. The number of piperidine rings is 1. The lowest BCUT2D eigenvalue weighted by Crippen LogP contribution is -2.47. The zero-order valence-corrected chi connectivity index (χ0v) is 14.2. The summed E-state index contributed by atoms with van der Waals surface area (Å²) in [6, 6.07) is 4.02. The summed E-state index contributed by atoms with van der Waals surface area (Å²) in [5, 5.41) is 10.1. The number of nitrogens with one attached hydrogen (secondary N) is 2. The van der Waals surface area contributed by atoms with Gasteiger partial charge in [0.15, 0.2) is 5.76 Å². The van der Waals surface area contributed by atoms with Crippen molar-refractivity contribution in [2.24, 2.45) is 0 Å². The second-order valence-electron chi connectivity index (χ2n) is 6.12. The van der Waals surface area contributed by atoms with E-state index in [0.717, 1.165) is 55.3 Å². The molecule has 0 saturated carbocycles. The molecule has 7 nitrogen and oxygen atoms in total. The topological polar surface area (TPSA) is 83.4 Å². The Bertz CT molecular complexity index is 679. The average Bonchev–Trinajstić information content (AvgIpc) is 3.16. The summed E-state index contributed by atoms with van der Waals surface area (Å²) in [5.41, 5.74) is 2.02. The van der Waals surface area contributed by atoms with Gasteiger partial charge in [-0.2, -0.15) is 5.10 Å². The number of alkyl carbamates (subject to hydrolysis) is 1. The number of ether oxygens (including phenoxy) is 1. The fourth-order valence-corrected chi connectivity index (χ4v) is 3.11. The Hall–Kier alpha value is -2.28. The first-order valence-electron chi connectivity index (χ1n) is 8.40. The number of furan rings is 1. The van der Waals surface area contributed by atoms with Crippen molar-refractivity contribution in [3.63, 3.8) is 0 Å². The molecule has 1 atom stereocenters. The Morgan fingerprint density at radius 1 is 1.54 bits per heavy atom. The first-order valence-corrected chi connectivity index (χ1v) is 8.40. The van der Waals surface area contributed by atoms with Crippen molar-refractivity contribution in [1.82, 2.24) is 20.4 Å². The summed E-state index contributed by atoms with van der Waals surface area (Å²) in [7, 11) is 0. The summed E-state index contributed by atoms with van der Waals surface area (Å²) in [5.74, 6) is 1.68. The standard InChI is InChI=1S/C17H24N4O3/c1-3-23-17(22)19-14-5-4-8-21(11-14)10-13-9-18-20-16(13)15-7-6-12(2)24-15/h6-7,9,14H,3-5,8,10-11H2,1-2H3,(H,18,20)(H,19,22). The van der Waals surface area contributed by atoms with Crippen LogP contribution in [0.3, 0.4) is 0 Å². The molecule has 1 unspecified atom stereocenters. The molecule has 1 aliphatic heterocycles. The van der Waals surface area contributed by atoms with Crippen LogP contribution in [0.15, 0.2) is 22.7 Å². The Kier molecular flexibility index (Phi) is 5.20. The third-order valence-corrected chi connectivity index (χ3v) is 4.20. The Labute approximate surface area is 141 Å². The van der Waals surface area contributed by atoms with Crippen LogP contribution in [0.5, 0.6) is 0 Å². The van der Waals surface area contributed by atoms with E-state index in [4.69, 9.17) is 9.15 Å². The number of nitrogens with zero attached hydrogens (tertiary/aromatic N) is 2. The SMILES string of the molecule is CCOC(=O)NC1CCCN(Cc2cn[nH]c2-c2ccc(C)o2)C1. The van der Waals surface area contributed by atoms with Crippen LogP contribution in [0.2, 0.25) is 0 Å². The smallest absolute Gasteiger partial charge is 0.407 e. The molecule has 0 aromatic carbocycles. The van der Waals surface area contributed by atoms with Gasteiger partial charge in [0.2, 0.25) is 0 Å². The lowest BCUT2D eigenvalue weighted by Gasteiger charge is -2.32. The second kappa shape index (κ2) is 7.53. The van der Waals surface area contributed by atoms with E-state index >= 15 is 0 Å². The largest absolute Gasteiger partial charge is 0.460 e. The molecule has 0 radical (unpaired) electrons. The highest BCUT2D eigenvalue weighted by molar-refractivity contribution is 5.67. The molecule has 0 aliphatic carbocycles.